The number of piperidine rings is 1. The quantitative estimate of drug-likeness (QED) is 0.730. The minimum absolute atomic E-state index is 0.0393. The maximum absolute atomic E-state index is 14.2. The standard InChI is InChI=1S/C12H15FN2O2/c13-12(5-2-6-14-8-12)11(17)15-9-3-1-4-10(16)7-9/h1,3-4,7,14,16H,2,5-6,8H2,(H,15,17). The zero-order valence-electron chi connectivity index (χ0n) is 9.37. The molecule has 17 heavy (non-hydrogen) atoms. The Morgan fingerprint density at radius 3 is 3.00 bits per heavy atom. The van der Waals surface area contributed by atoms with E-state index in [9.17, 15) is 14.3 Å². The van der Waals surface area contributed by atoms with Crippen molar-refractivity contribution in [1.82, 2.24) is 5.32 Å². The molecule has 1 heterocycles. The molecule has 1 saturated heterocycles. The van der Waals surface area contributed by atoms with E-state index in [1.165, 1.54) is 12.1 Å². The molecule has 1 aromatic rings. The summed E-state index contributed by atoms with van der Waals surface area (Å²) in [6, 6.07) is 6.08. The van der Waals surface area contributed by atoms with Crippen LogP contribution in [0.25, 0.3) is 0 Å². The maximum atomic E-state index is 14.2. The molecule has 1 atom stereocenters. The van der Waals surface area contributed by atoms with Crippen molar-refractivity contribution in [2.45, 2.75) is 18.5 Å². The lowest BCUT2D eigenvalue weighted by atomic mass is 9.95. The van der Waals surface area contributed by atoms with Gasteiger partial charge in [0.1, 0.15) is 5.75 Å². The van der Waals surface area contributed by atoms with Crippen LogP contribution < -0.4 is 10.6 Å². The third-order valence-corrected chi connectivity index (χ3v) is 2.84. The fourth-order valence-electron chi connectivity index (χ4n) is 1.89. The first-order chi connectivity index (χ1) is 8.10. The lowest BCUT2D eigenvalue weighted by Gasteiger charge is -2.28. The summed E-state index contributed by atoms with van der Waals surface area (Å²) < 4.78 is 14.2. The van der Waals surface area contributed by atoms with Gasteiger partial charge in [-0.15, -0.1) is 0 Å². The van der Waals surface area contributed by atoms with E-state index in [2.05, 4.69) is 10.6 Å². The number of hydrogen-bond acceptors (Lipinski definition) is 3. The number of carbonyl (C=O) groups excluding carboxylic acids is 1. The number of phenols is 1. The molecular weight excluding hydrogens is 223 g/mol. The van der Waals surface area contributed by atoms with Gasteiger partial charge in [0.05, 0.1) is 0 Å². The number of benzene rings is 1. The van der Waals surface area contributed by atoms with E-state index in [0.717, 1.165) is 6.54 Å². The summed E-state index contributed by atoms with van der Waals surface area (Å²) in [5.41, 5.74) is -1.46. The summed E-state index contributed by atoms with van der Waals surface area (Å²) >= 11 is 0. The molecule has 0 aromatic heterocycles. The van der Waals surface area contributed by atoms with Gasteiger partial charge in [-0.2, -0.15) is 0 Å². The molecule has 0 radical (unpaired) electrons. The van der Waals surface area contributed by atoms with Gasteiger partial charge in [0.15, 0.2) is 0 Å². The Hall–Kier alpha value is -1.62. The van der Waals surface area contributed by atoms with E-state index in [1.54, 1.807) is 12.1 Å². The number of aromatic hydroxyl groups is 1. The van der Waals surface area contributed by atoms with Gasteiger partial charge in [-0.1, -0.05) is 6.07 Å². The predicted molar refractivity (Wildman–Crippen MR) is 62.7 cm³/mol. The summed E-state index contributed by atoms with van der Waals surface area (Å²) in [6.07, 6.45) is 0.870. The van der Waals surface area contributed by atoms with Crippen molar-refractivity contribution in [3.05, 3.63) is 24.3 Å². The van der Waals surface area contributed by atoms with Gasteiger partial charge in [-0.05, 0) is 31.5 Å². The lowest BCUT2D eigenvalue weighted by molar-refractivity contribution is -0.128. The van der Waals surface area contributed by atoms with Crippen molar-refractivity contribution >= 4 is 11.6 Å². The summed E-state index contributed by atoms with van der Waals surface area (Å²) in [6.45, 7) is 0.780. The van der Waals surface area contributed by atoms with Crippen molar-refractivity contribution in [1.29, 1.82) is 0 Å². The highest BCUT2D eigenvalue weighted by Gasteiger charge is 2.39. The Morgan fingerprint density at radius 2 is 2.35 bits per heavy atom. The van der Waals surface area contributed by atoms with Crippen LogP contribution in [0.15, 0.2) is 24.3 Å². The van der Waals surface area contributed by atoms with Crippen LogP contribution >= 0.6 is 0 Å². The summed E-state index contributed by atoms with van der Waals surface area (Å²) in [7, 11) is 0. The van der Waals surface area contributed by atoms with Crippen LogP contribution in [0.3, 0.4) is 0 Å². The van der Waals surface area contributed by atoms with Crippen molar-refractivity contribution in [2.24, 2.45) is 0 Å². The molecule has 92 valence electrons. The van der Waals surface area contributed by atoms with E-state index >= 15 is 0 Å². The highest BCUT2D eigenvalue weighted by Crippen LogP contribution is 2.24. The molecule has 3 N–H and O–H groups in total. The van der Waals surface area contributed by atoms with Crippen LogP contribution in [0.4, 0.5) is 10.1 Å². The zero-order valence-corrected chi connectivity index (χ0v) is 9.37. The van der Waals surface area contributed by atoms with Crippen LogP contribution in [0.1, 0.15) is 12.8 Å². The molecule has 0 bridgehead atoms. The summed E-state index contributed by atoms with van der Waals surface area (Å²) in [5, 5.41) is 14.6. The van der Waals surface area contributed by atoms with Gasteiger partial charge in [0.25, 0.3) is 5.91 Å². The third kappa shape index (κ3) is 2.74. The van der Waals surface area contributed by atoms with Crippen LogP contribution in [0, 0.1) is 0 Å². The highest BCUT2D eigenvalue weighted by molar-refractivity contribution is 5.97. The number of anilines is 1. The molecule has 1 unspecified atom stereocenters. The molecular formula is C12H15FN2O2. The van der Waals surface area contributed by atoms with Crippen LogP contribution in [-0.2, 0) is 4.79 Å². The van der Waals surface area contributed by atoms with E-state index in [-0.39, 0.29) is 18.7 Å². The highest BCUT2D eigenvalue weighted by atomic mass is 19.1. The number of rotatable bonds is 2. The smallest absolute Gasteiger partial charge is 0.263 e. The molecule has 1 aliphatic rings. The van der Waals surface area contributed by atoms with E-state index in [4.69, 9.17) is 0 Å². The van der Waals surface area contributed by atoms with Gasteiger partial charge < -0.3 is 15.7 Å². The van der Waals surface area contributed by atoms with Crippen molar-refractivity contribution < 1.29 is 14.3 Å². The van der Waals surface area contributed by atoms with Crippen LogP contribution in [-0.4, -0.2) is 29.8 Å². The Bertz CT molecular complexity index is 417. The van der Waals surface area contributed by atoms with Gasteiger partial charge in [-0.3, -0.25) is 4.79 Å². The normalized spacial score (nSPS) is 24.3. The van der Waals surface area contributed by atoms with Gasteiger partial charge in [-0.25, -0.2) is 4.39 Å². The molecule has 1 aliphatic heterocycles. The average Bonchev–Trinajstić information content (AvgIpc) is 2.30. The van der Waals surface area contributed by atoms with Crippen LogP contribution in [0.2, 0.25) is 0 Å². The Kier molecular flexibility index (Phi) is 3.28. The van der Waals surface area contributed by atoms with Crippen molar-refractivity contribution in [2.75, 3.05) is 18.4 Å². The summed E-state index contributed by atoms with van der Waals surface area (Å²) in [5.74, 6) is -0.618. The predicted octanol–water partition coefficient (Wildman–Crippen LogP) is 1.42. The van der Waals surface area contributed by atoms with Crippen molar-refractivity contribution in [3.63, 3.8) is 0 Å². The number of phenolic OH excluding ortho intramolecular Hbond substituents is 1. The second-order valence-electron chi connectivity index (χ2n) is 4.25. The first kappa shape index (κ1) is 11.9. The molecule has 0 spiro atoms. The number of carbonyl (C=O) groups is 1. The van der Waals surface area contributed by atoms with E-state index < -0.39 is 11.6 Å². The zero-order chi connectivity index (χ0) is 12.3. The Morgan fingerprint density at radius 1 is 1.53 bits per heavy atom. The Balaban J connectivity index is 2.05. The SMILES string of the molecule is O=C(Nc1cccc(O)c1)C1(F)CCCNC1. The summed E-state index contributed by atoms with van der Waals surface area (Å²) in [4.78, 5) is 11.8. The molecule has 1 amide bonds. The molecule has 1 aromatic carbocycles. The van der Waals surface area contributed by atoms with Gasteiger partial charge in [0.2, 0.25) is 5.67 Å². The molecule has 0 aliphatic carbocycles. The number of nitrogens with one attached hydrogen (secondary N) is 2. The maximum Gasteiger partial charge on any atom is 0.263 e. The fourth-order valence-corrected chi connectivity index (χ4v) is 1.89. The molecule has 4 nitrogen and oxygen atoms in total. The average molecular weight is 238 g/mol. The molecule has 2 rings (SSSR count). The number of hydrogen-bond donors (Lipinski definition) is 3. The molecule has 5 heteroatoms. The van der Waals surface area contributed by atoms with Crippen molar-refractivity contribution in [3.8, 4) is 5.75 Å². The van der Waals surface area contributed by atoms with E-state index in [0.29, 0.717) is 12.1 Å². The third-order valence-electron chi connectivity index (χ3n) is 2.84. The first-order valence-corrected chi connectivity index (χ1v) is 5.60. The minimum Gasteiger partial charge on any atom is -0.508 e. The number of amides is 1. The molecule has 0 saturated carbocycles. The van der Waals surface area contributed by atoms with E-state index in [1.807, 2.05) is 0 Å². The fraction of sp³-hybridized carbons (Fsp3) is 0.417. The largest absolute Gasteiger partial charge is 0.508 e. The van der Waals surface area contributed by atoms with Gasteiger partial charge in [0, 0.05) is 18.3 Å². The first-order valence-electron chi connectivity index (χ1n) is 5.60. The number of alkyl halides is 1. The number of halogens is 1. The topological polar surface area (TPSA) is 61.4 Å². The minimum atomic E-state index is -1.86. The second kappa shape index (κ2) is 4.71. The van der Waals surface area contributed by atoms with Crippen LogP contribution in [0.5, 0.6) is 5.75 Å². The lowest BCUT2D eigenvalue weighted by Crippen LogP contribution is -2.50. The second-order valence-corrected chi connectivity index (χ2v) is 4.25. The Labute approximate surface area is 98.8 Å². The van der Waals surface area contributed by atoms with Gasteiger partial charge >= 0.3 is 0 Å². The molecule has 1 fully saturated rings. The monoisotopic (exact) mass is 238 g/mol.